The van der Waals surface area contributed by atoms with Gasteiger partial charge >= 0.3 is 0 Å². The third-order valence-electron chi connectivity index (χ3n) is 3.20. The standard InChI is InChI=1S/C16H16N4/c1-11-8-12(2)10-14(9-11)20-16(17)15(18-19-20)13-6-4-3-5-7-13/h3-10H,17H2,1-2H3. The number of hydrogen-bond donors (Lipinski definition) is 1. The van der Waals surface area contributed by atoms with E-state index in [-0.39, 0.29) is 0 Å². The first kappa shape index (κ1) is 12.4. The fourth-order valence-electron chi connectivity index (χ4n) is 2.35. The highest BCUT2D eigenvalue weighted by Gasteiger charge is 2.13. The molecule has 0 fully saturated rings. The van der Waals surface area contributed by atoms with Crippen LogP contribution in [0.25, 0.3) is 16.9 Å². The zero-order valence-corrected chi connectivity index (χ0v) is 11.5. The van der Waals surface area contributed by atoms with Gasteiger partial charge < -0.3 is 5.73 Å². The zero-order valence-electron chi connectivity index (χ0n) is 11.5. The normalized spacial score (nSPS) is 10.7. The molecule has 20 heavy (non-hydrogen) atoms. The Morgan fingerprint density at radius 1 is 0.950 bits per heavy atom. The van der Waals surface area contributed by atoms with Crippen LogP contribution in [0.15, 0.2) is 48.5 Å². The first-order valence-corrected chi connectivity index (χ1v) is 6.50. The molecule has 0 atom stereocenters. The lowest BCUT2D eigenvalue weighted by Crippen LogP contribution is -2.03. The van der Waals surface area contributed by atoms with Gasteiger partial charge in [0.25, 0.3) is 0 Å². The predicted molar refractivity (Wildman–Crippen MR) is 80.7 cm³/mol. The molecule has 2 N–H and O–H groups in total. The second-order valence-electron chi connectivity index (χ2n) is 4.95. The summed E-state index contributed by atoms with van der Waals surface area (Å²) in [6.45, 7) is 4.11. The van der Waals surface area contributed by atoms with Gasteiger partial charge in [-0.05, 0) is 37.1 Å². The second kappa shape index (κ2) is 4.81. The van der Waals surface area contributed by atoms with Gasteiger partial charge in [-0.15, -0.1) is 5.10 Å². The Hall–Kier alpha value is -2.62. The van der Waals surface area contributed by atoms with Crippen LogP contribution in [0.2, 0.25) is 0 Å². The van der Waals surface area contributed by atoms with Gasteiger partial charge in [0.2, 0.25) is 0 Å². The van der Waals surface area contributed by atoms with Crippen molar-refractivity contribution in [3.63, 3.8) is 0 Å². The summed E-state index contributed by atoms with van der Waals surface area (Å²) in [5.74, 6) is 0.557. The van der Waals surface area contributed by atoms with Crippen LogP contribution in [-0.2, 0) is 0 Å². The van der Waals surface area contributed by atoms with Gasteiger partial charge in [0.05, 0.1) is 5.69 Å². The summed E-state index contributed by atoms with van der Waals surface area (Å²) >= 11 is 0. The molecule has 1 heterocycles. The lowest BCUT2D eigenvalue weighted by atomic mass is 10.1. The molecular formula is C16H16N4. The number of nitrogens with zero attached hydrogens (tertiary/aromatic N) is 3. The van der Waals surface area contributed by atoms with Crippen molar-refractivity contribution in [1.82, 2.24) is 15.0 Å². The molecule has 0 saturated heterocycles. The average Bonchev–Trinajstić information content (AvgIpc) is 2.80. The summed E-state index contributed by atoms with van der Waals surface area (Å²) in [5.41, 5.74) is 11.2. The molecule has 0 spiro atoms. The maximum absolute atomic E-state index is 6.21. The molecular weight excluding hydrogens is 248 g/mol. The molecule has 4 nitrogen and oxygen atoms in total. The molecule has 0 aliphatic rings. The Morgan fingerprint density at radius 2 is 1.60 bits per heavy atom. The van der Waals surface area contributed by atoms with Crippen LogP contribution < -0.4 is 5.73 Å². The predicted octanol–water partition coefficient (Wildman–Crippen LogP) is 3.13. The van der Waals surface area contributed by atoms with E-state index in [4.69, 9.17) is 5.73 Å². The molecule has 3 rings (SSSR count). The number of hydrogen-bond acceptors (Lipinski definition) is 3. The van der Waals surface area contributed by atoms with Gasteiger partial charge in [0, 0.05) is 5.56 Å². The largest absolute Gasteiger partial charge is 0.382 e. The molecule has 100 valence electrons. The summed E-state index contributed by atoms with van der Waals surface area (Å²) in [6.07, 6.45) is 0. The molecule has 4 heteroatoms. The third-order valence-corrected chi connectivity index (χ3v) is 3.20. The number of aryl methyl sites for hydroxylation is 2. The molecule has 3 aromatic rings. The molecule has 0 bridgehead atoms. The fourth-order valence-corrected chi connectivity index (χ4v) is 2.35. The number of anilines is 1. The van der Waals surface area contributed by atoms with Gasteiger partial charge in [-0.1, -0.05) is 41.6 Å². The number of rotatable bonds is 2. The first-order valence-electron chi connectivity index (χ1n) is 6.50. The van der Waals surface area contributed by atoms with Crippen molar-refractivity contribution in [2.75, 3.05) is 5.73 Å². The fraction of sp³-hybridized carbons (Fsp3) is 0.125. The van der Waals surface area contributed by atoms with Gasteiger partial charge in [0.1, 0.15) is 5.69 Å². The van der Waals surface area contributed by atoms with E-state index in [1.54, 1.807) is 4.68 Å². The number of nitrogens with two attached hydrogens (primary N) is 1. The molecule has 0 saturated carbocycles. The lowest BCUT2D eigenvalue weighted by Gasteiger charge is -2.06. The Morgan fingerprint density at radius 3 is 2.25 bits per heavy atom. The summed E-state index contributed by atoms with van der Waals surface area (Å²) in [7, 11) is 0. The Kier molecular flexibility index (Phi) is 2.99. The Labute approximate surface area is 117 Å². The highest BCUT2D eigenvalue weighted by Crippen LogP contribution is 2.25. The maximum atomic E-state index is 6.21. The second-order valence-corrected chi connectivity index (χ2v) is 4.95. The van der Waals surface area contributed by atoms with Crippen molar-refractivity contribution in [1.29, 1.82) is 0 Å². The van der Waals surface area contributed by atoms with Gasteiger partial charge in [-0.3, -0.25) is 0 Å². The Bertz CT molecular complexity index is 724. The molecule has 0 unspecified atom stereocenters. The van der Waals surface area contributed by atoms with Crippen LogP contribution in [0.1, 0.15) is 11.1 Å². The van der Waals surface area contributed by atoms with E-state index in [9.17, 15) is 0 Å². The summed E-state index contributed by atoms with van der Waals surface area (Å²) in [5, 5.41) is 8.40. The van der Waals surface area contributed by atoms with Crippen LogP contribution >= 0.6 is 0 Å². The van der Waals surface area contributed by atoms with E-state index in [1.165, 1.54) is 11.1 Å². The van der Waals surface area contributed by atoms with E-state index in [2.05, 4.69) is 30.2 Å². The maximum Gasteiger partial charge on any atom is 0.155 e. The van der Waals surface area contributed by atoms with Gasteiger partial charge in [0.15, 0.2) is 5.82 Å². The van der Waals surface area contributed by atoms with Crippen LogP contribution in [0.4, 0.5) is 5.82 Å². The van der Waals surface area contributed by atoms with E-state index in [0.717, 1.165) is 11.3 Å². The van der Waals surface area contributed by atoms with Crippen molar-refractivity contribution in [3.05, 3.63) is 59.7 Å². The van der Waals surface area contributed by atoms with E-state index >= 15 is 0 Å². The first-order chi connectivity index (χ1) is 9.65. The number of benzene rings is 2. The number of aromatic nitrogens is 3. The molecule has 0 aliphatic carbocycles. The minimum absolute atomic E-state index is 0.557. The highest BCUT2D eigenvalue weighted by atomic mass is 15.5. The Balaban J connectivity index is 2.11. The SMILES string of the molecule is Cc1cc(C)cc(-n2nnc(-c3ccccc3)c2N)c1. The lowest BCUT2D eigenvalue weighted by molar-refractivity contribution is 0.809. The molecule has 2 aromatic carbocycles. The zero-order chi connectivity index (χ0) is 14.1. The van der Waals surface area contributed by atoms with Crippen molar-refractivity contribution >= 4 is 5.82 Å². The summed E-state index contributed by atoms with van der Waals surface area (Å²) in [6, 6.07) is 16.1. The van der Waals surface area contributed by atoms with E-state index in [0.29, 0.717) is 11.5 Å². The minimum Gasteiger partial charge on any atom is -0.382 e. The molecule has 0 radical (unpaired) electrons. The van der Waals surface area contributed by atoms with Crippen LogP contribution in [0.3, 0.4) is 0 Å². The van der Waals surface area contributed by atoms with Crippen molar-refractivity contribution < 1.29 is 0 Å². The quantitative estimate of drug-likeness (QED) is 0.773. The molecule has 0 amide bonds. The smallest absolute Gasteiger partial charge is 0.155 e. The van der Waals surface area contributed by atoms with Crippen molar-refractivity contribution in [3.8, 4) is 16.9 Å². The highest BCUT2D eigenvalue weighted by molar-refractivity contribution is 5.70. The average molecular weight is 264 g/mol. The molecule has 1 aromatic heterocycles. The third kappa shape index (κ3) is 2.16. The van der Waals surface area contributed by atoms with E-state index < -0.39 is 0 Å². The van der Waals surface area contributed by atoms with Crippen molar-refractivity contribution in [2.45, 2.75) is 13.8 Å². The monoisotopic (exact) mass is 264 g/mol. The van der Waals surface area contributed by atoms with Crippen LogP contribution in [0.5, 0.6) is 0 Å². The van der Waals surface area contributed by atoms with Crippen LogP contribution in [0, 0.1) is 13.8 Å². The molecule has 0 aliphatic heterocycles. The topological polar surface area (TPSA) is 56.7 Å². The van der Waals surface area contributed by atoms with Gasteiger partial charge in [-0.25, -0.2) is 0 Å². The number of nitrogen functional groups attached to an aromatic ring is 1. The van der Waals surface area contributed by atoms with Gasteiger partial charge in [-0.2, -0.15) is 4.68 Å². The van der Waals surface area contributed by atoms with E-state index in [1.807, 2.05) is 42.5 Å². The van der Waals surface area contributed by atoms with Crippen LogP contribution in [-0.4, -0.2) is 15.0 Å². The summed E-state index contributed by atoms with van der Waals surface area (Å²) < 4.78 is 1.68. The van der Waals surface area contributed by atoms with Crippen molar-refractivity contribution in [2.24, 2.45) is 0 Å². The minimum atomic E-state index is 0.557. The summed E-state index contributed by atoms with van der Waals surface area (Å²) in [4.78, 5) is 0.